The van der Waals surface area contributed by atoms with Crippen LogP contribution < -0.4 is 0 Å². The maximum atomic E-state index is 11.3. The molecule has 2 atom stereocenters. The second-order valence-electron chi connectivity index (χ2n) is 3.58. The van der Waals surface area contributed by atoms with Crippen molar-refractivity contribution in [2.75, 3.05) is 0 Å². The van der Waals surface area contributed by atoms with Crippen molar-refractivity contribution in [3.05, 3.63) is 6.92 Å². The maximum Gasteiger partial charge on any atom is 0.136 e. The first-order valence-electron chi connectivity index (χ1n) is 4.57. The first kappa shape index (κ1) is 8.76. The van der Waals surface area contributed by atoms with Crippen molar-refractivity contribution in [2.24, 2.45) is 11.8 Å². The molecule has 0 spiro atoms. The Bertz CT molecular complexity index is 140. The first-order chi connectivity index (χ1) is 5.25. The summed E-state index contributed by atoms with van der Waals surface area (Å²) >= 11 is 0. The summed E-state index contributed by atoms with van der Waals surface area (Å²) in [4.78, 5) is 11.3. The van der Waals surface area contributed by atoms with E-state index >= 15 is 0 Å². The van der Waals surface area contributed by atoms with Crippen molar-refractivity contribution in [1.29, 1.82) is 0 Å². The topological polar surface area (TPSA) is 17.1 Å². The van der Waals surface area contributed by atoms with Gasteiger partial charge in [-0.1, -0.05) is 26.2 Å². The SMILES string of the molecule is [CH2]CC(=O)C1CCCCC1C. The van der Waals surface area contributed by atoms with Crippen molar-refractivity contribution in [3.8, 4) is 0 Å². The highest BCUT2D eigenvalue weighted by molar-refractivity contribution is 5.81. The van der Waals surface area contributed by atoms with Gasteiger partial charge in [0.15, 0.2) is 0 Å². The number of rotatable bonds is 2. The summed E-state index contributed by atoms with van der Waals surface area (Å²) in [5.41, 5.74) is 0. The Labute approximate surface area is 69.2 Å². The molecule has 0 aromatic carbocycles. The number of carbonyl (C=O) groups excluding carboxylic acids is 1. The maximum absolute atomic E-state index is 11.3. The lowest BCUT2D eigenvalue weighted by Crippen LogP contribution is -2.24. The number of hydrogen-bond acceptors (Lipinski definition) is 1. The Hall–Kier alpha value is -0.330. The molecule has 1 fully saturated rings. The van der Waals surface area contributed by atoms with Crippen LogP contribution in [0.4, 0.5) is 0 Å². The number of ketones is 1. The molecular formula is C10H17O. The summed E-state index contributed by atoms with van der Waals surface area (Å²) < 4.78 is 0. The van der Waals surface area contributed by atoms with Crippen molar-refractivity contribution in [3.63, 3.8) is 0 Å². The highest BCUT2D eigenvalue weighted by atomic mass is 16.1. The summed E-state index contributed by atoms with van der Waals surface area (Å²) in [6.45, 7) is 5.84. The van der Waals surface area contributed by atoms with Crippen molar-refractivity contribution >= 4 is 5.78 Å². The predicted molar refractivity (Wildman–Crippen MR) is 46.1 cm³/mol. The van der Waals surface area contributed by atoms with Gasteiger partial charge in [-0.05, 0) is 19.3 Å². The minimum Gasteiger partial charge on any atom is -0.299 e. The van der Waals surface area contributed by atoms with Crippen LogP contribution in [0.2, 0.25) is 0 Å². The third-order valence-corrected chi connectivity index (χ3v) is 2.77. The summed E-state index contributed by atoms with van der Waals surface area (Å²) in [7, 11) is 0. The monoisotopic (exact) mass is 153 g/mol. The molecule has 1 aliphatic carbocycles. The molecule has 1 heteroatoms. The second-order valence-corrected chi connectivity index (χ2v) is 3.58. The molecule has 1 radical (unpaired) electrons. The van der Waals surface area contributed by atoms with Crippen LogP contribution in [0.15, 0.2) is 0 Å². The van der Waals surface area contributed by atoms with E-state index in [1.165, 1.54) is 19.3 Å². The van der Waals surface area contributed by atoms with Gasteiger partial charge in [-0.3, -0.25) is 4.79 Å². The molecule has 0 saturated heterocycles. The summed E-state index contributed by atoms with van der Waals surface area (Å²) in [6.07, 6.45) is 5.36. The molecule has 0 heterocycles. The molecule has 1 saturated carbocycles. The lowest BCUT2D eigenvalue weighted by atomic mass is 9.77. The van der Waals surface area contributed by atoms with Crippen LogP contribution in [0.25, 0.3) is 0 Å². The lowest BCUT2D eigenvalue weighted by Gasteiger charge is -2.26. The Morgan fingerprint density at radius 3 is 2.64 bits per heavy atom. The fourth-order valence-corrected chi connectivity index (χ4v) is 1.98. The Morgan fingerprint density at radius 2 is 2.09 bits per heavy atom. The van der Waals surface area contributed by atoms with Gasteiger partial charge < -0.3 is 0 Å². The predicted octanol–water partition coefficient (Wildman–Crippen LogP) is 2.61. The second kappa shape index (κ2) is 3.89. The molecule has 63 valence electrons. The molecule has 11 heavy (non-hydrogen) atoms. The minimum atomic E-state index is 0.334. The van der Waals surface area contributed by atoms with Gasteiger partial charge in [0.2, 0.25) is 0 Å². The molecule has 1 nitrogen and oxygen atoms in total. The number of hydrogen-bond donors (Lipinski definition) is 0. The normalized spacial score (nSPS) is 31.8. The van der Waals surface area contributed by atoms with Crippen LogP contribution in [0.1, 0.15) is 39.0 Å². The van der Waals surface area contributed by atoms with Gasteiger partial charge >= 0.3 is 0 Å². The van der Waals surface area contributed by atoms with E-state index in [1.54, 1.807) is 0 Å². The number of carbonyl (C=O) groups is 1. The fraction of sp³-hybridized carbons (Fsp3) is 0.800. The standard InChI is InChI=1S/C10H17O/c1-3-10(11)9-7-5-4-6-8(9)2/h8-9H,1,3-7H2,2H3. The van der Waals surface area contributed by atoms with E-state index in [1.807, 2.05) is 0 Å². The number of Topliss-reactive ketones (excluding diaryl/α,β-unsaturated/α-hetero) is 1. The van der Waals surface area contributed by atoms with Crippen LogP contribution in [0.5, 0.6) is 0 Å². The van der Waals surface area contributed by atoms with E-state index in [2.05, 4.69) is 13.8 Å². The average molecular weight is 153 g/mol. The van der Waals surface area contributed by atoms with Gasteiger partial charge in [0.25, 0.3) is 0 Å². The molecule has 1 aliphatic rings. The van der Waals surface area contributed by atoms with Gasteiger partial charge in [0.1, 0.15) is 5.78 Å². The third kappa shape index (κ3) is 2.05. The van der Waals surface area contributed by atoms with E-state index in [9.17, 15) is 4.79 Å². The Kier molecular flexibility index (Phi) is 3.10. The minimum absolute atomic E-state index is 0.334. The zero-order chi connectivity index (χ0) is 8.27. The van der Waals surface area contributed by atoms with E-state index in [0.717, 1.165) is 6.42 Å². The van der Waals surface area contributed by atoms with E-state index < -0.39 is 0 Å². The summed E-state index contributed by atoms with van der Waals surface area (Å²) in [6, 6.07) is 0. The summed E-state index contributed by atoms with van der Waals surface area (Å²) in [5, 5.41) is 0. The van der Waals surface area contributed by atoms with E-state index in [0.29, 0.717) is 24.0 Å². The average Bonchev–Trinajstić information content (AvgIpc) is 2.04. The first-order valence-corrected chi connectivity index (χ1v) is 4.57. The molecule has 0 N–H and O–H groups in total. The highest BCUT2D eigenvalue weighted by Crippen LogP contribution is 2.30. The van der Waals surface area contributed by atoms with Crippen molar-refractivity contribution in [1.82, 2.24) is 0 Å². The molecule has 2 unspecified atom stereocenters. The van der Waals surface area contributed by atoms with Crippen LogP contribution in [-0.4, -0.2) is 5.78 Å². The quantitative estimate of drug-likeness (QED) is 0.596. The van der Waals surface area contributed by atoms with E-state index in [-0.39, 0.29) is 0 Å². The summed E-state index contributed by atoms with van der Waals surface area (Å²) in [5.74, 6) is 1.32. The van der Waals surface area contributed by atoms with Gasteiger partial charge in [-0.15, -0.1) is 0 Å². The van der Waals surface area contributed by atoms with Gasteiger partial charge in [-0.2, -0.15) is 0 Å². The van der Waals surface area contributed by atoms with Crippen LogP contribution in [-0.2, 0) is 4.79 Å². The molecule has 0 bridgehead atoms. The van der Waals surface area contributed by atoms with Crippen LogP contribution in [0.3, 0.4) is 0 Å². The highest BCUT2D eigenvalue weighted by Gasteiger charge is 2.25. The molecule has 0 aromatic rings. The van der Waals surface area contributed by atoms with Crippen molar-refractivity contribution < 1.29 is 4.79 Å². The third-order valence-electron chi connectivity index (χ3n) is 2.77. The van der Waals surface area contributed by atoms with Gasteiger partial charge in [0.05, 0.1) is 0 Å². The smallest absolute Gasteiger partial charge is 0.136 e. The van der Waals surface area contributed by atoms with E-state index in [4.69, 9.17) is 0 Å². The lowest BCUT2D eigenvalue weighted by molar-refractivity contribution is -0.124. The molecule has 0 aliphatic heterocycles. The zero-order valence-electron chi connectivity index (χ0n) is 7.31. The molecular weight excluding hydrogens is 136 g/mol. The molecule has 0 aromatic heterocycles. The Balaban J connectivity index is 2.47. The van der Waals surface area contributed by atoms with Crippen molar-refractivity contribution in [2.45, 2.75) is 39.0 Å². The zero-order valence-corrected chi connectivity index (χ0v) is 7.31. The molecule has 0 amide bonds. The fourth-order valence-electron chi connectivity index (χ4n) is 1.98. The van der Waals surface area contributed by atoms with Gasteiger partial charge in [0, 0.05) is 12.3 Å². The Morgan fingerprint density at radius 1 is 1.45 bits per heavy atom. The van der Waals surface area contributed by atoms with Crippen LogP contribution in [0, 0.1) is 18.8 Å². The van der Waals surface area contributed by atoms with Gasteiger partial charge in [-0.25, -0.2) is 0 Å². The molecule has 1 rings (SSSR count). The largest absolute Gasteiger partial charge is 0.299 e. The van der Waals surface area contributed by atoms with Crippen LogP contribution >= 0.6 is 0 Å².